The molecule has 0 saturated heterocycles. The molecule has 8 nitrogen and oxygen atoms in total. The summed E-state index contributed by atoms with van der Waals surface area (Å²) in [5.74, 6) is 1.55. The Kier molecular flexibility index (Phi) is 3.64. The number of aryl methyl sites for hydroxylation is 1. The van der Waals surface area contributed by atoms with E-state index in [1.54, 1.807) is 19.2 Å². The Morgan fingerprint density at radius 2 is 2.25 bits per heavy atom. The summed E-state index contributed by atoms with van der Waals surface area (Å²) in [6, 6.07) is 3.58. The van der Waals surface area contributed by atoms with Crippen LogP contribution in [0.1, 0.15) is 27.8 Å². The van der Waals surface area contributed by atoms with E-state index in [1.165, 1.54) is 0 Å². The number of rotatable bonds is 3. The zero-order valence-corrected chi connectivity index (χ0v) is 13.4. The Balaban J connectivity index is 1.50. The molecule has 1 amide bonds. The van der Waals surface area contributed by atoms with Crippen LogP contribution in [0.4, 0.5) is 0 Å². The van der Waals surface area contributed by atoms with Gasteiger partial charge >= 0.3 is 0 Å². The second kappa shape index (κ2) is 5.95. The minimum atomic E-state index is -0.0915. The Hall–Kier alpha value is -2.90. The number of amides is 1. The Labute approximate surface area is 138 Å². The van der Waals surface area contributed by atoms with Gasteiger partial charge in [0.15, 0.2) is 5.69 Å². The molecular formula is C16H18N6O2. The molecule has 3 aromatic rings. The summed E-state index contributed by atoms with van der Waals surface area (Å²) in [4.78, 5) is 18.9. The van der Waals surface area contributed by atoms with Gasteiger partial charge in [-0.25, -0.2) is 4.98 Å². The highest BCUT2D eigenvalue weighted by molar-refractivity contribution is 5.92. The van der Waals surface area contributed by atoms with Crippen molar-refractivity contribution in [1.82, 2.24) is 29.4 Å². The molecule has 0 radical (unpaired) electrons. The SMILES string of the molecule is Cc1cc(C(=O)N2CCc3ncc(Cn4cccn4)n3CC2)no1. The third kappa shape index (κ3) is 2.70. The van der Waals surface area contributed by atoms with E-state index in [4.69, 9.17) is 4.52 Å². The normalized spacial score (nSPS) is 14.5. The number of carbonyl (C=O) groups excluding carboxylic acids is 1. The van der Waals surface area contributed by atoms with Gasteiger partial charge in [-0.2, -0.15) is 5.10 Å². The second-order valence-electron chi connectivity index (χ2n) is 5.89. The van der Waals surface area contributed by atoms with Crippen LogP contribution in [0.3, 0.4) is 0 Å². The van der Waals surface area contributed by atoms with Crippen molar-refractivity contribution in [2.45, 2.75) is 26.4 Å². The van der Waals surface area contributed by atoms with Crippen LogP contribution in [0.15, 0.2) is 35.2 Å². The highest BCUT2D eigenvalue weighted by Gasteiger charge is 2.23. The van der Waals surface area contributed by atoms with Crippen LogP contribution in [0.5, 0.6) is 0 Å². The number of aromatic nitrogens is 5. The van der Waals surface area contributed by atoms with Crippen LogP contribution in [0, 0.1) is 6.92 Å². The van der Waals surface area contributed by atoms with Gasteiger partial charge < -0.3 is 14.0 Å². The van der Waals surface area contributed by atoms with Gasteiger partial charge in [0.1, 0.15) is 11.6 Å². The van der Waals surface area contributed by atoms with Crippen LogP contribution < -0.4 is 0 Å². The van der Waals surface area contributed by atoms with Gasteiger partial charge in [-0.1, -0.05) is 5.16 Å². The van der Waals surface area contributed by atoms with Crippen molar-refractivity contribution >= 4 is 5.91 Å². The van der Waals surface area contributed by atoms with Crippen molar-refractivity contribution in [1.29, 1.82) is 0 Å². The van der Waals surface area contributed by atoms with Crippen LogP contribution in [-0.4, -0.2) is 48.4 Å². The first-order valence-electron chi connectivity index (χ1n) is 7.94. The van der Waals surface area contributed by atoms with E-state index in [-0.39, 0.29) is 5.91 Å². The molecule has 0 aromatic carbocycles. The maximum absolute atomic E-state index is 12.5. The number of imidazole rings is 1. The third-order valence-electron chi connectivity index (χ3n) is 4.24. The van der Waals surface area contributed by atoms with E-state index in [1.807, 2.05) is 28.0 Å². The molecule has 4 rings (SSSR count). The standard InChI is InChI=1S/C16H18N6O2/c1-12-9-14(19-24-12)16(23)20-6-3-15-17-10-13(22(15)8-7-20)11-21-5-2-4-18-21/h2,4-5,9-10H,3,6-8,11H2,1H3. The monoisotopic (exact) mass is 326 g/mol. The highest BCUT2D eigenvalue weighted by Crippen LogP contribution is 2.15. The van der Waals surface area contributed by atoms with Crippen molar-refractivity contribution in [2.24, 2.45) is 0 Å². The van der Waals surface area contributed by atoms with E-state index in [0.717, 1.165) is 17.9 Å². The highest BCUT2D eigenvalue weighted by atomic mass is 16.5. The first-order valence-corrected chi connectivity index (χ1v) is 7.94. The van der Waals surface area contributed by atoms with Gasteiger partial charge in [-0.3, -0.25) is 9.48 Å². The predicted octanol–water partition coefficient (Wildman–Crippen LogP) is 1.12. The fourth-order valence-electron chi connectivity index (χ4n) is 3.01. The summed E-state index contributed by atoms with van der Waals surface area (Å²) >= 11 is 0. The lowest BCUT2D eigenvalue weighted by atomic mass is 10.3. The molecule has 0 spiro atoms. The number of carbonyl (C=O) groups is 1. The molecule has 0 N–H and O–H groups in total. The van der Waals surface area contributed by atoms with Crippen LogP contribution in [-0.2, 0) is 19.5 Å². The van der Waals surface area contributed by atoms with E-state index in [9.17, 15) is 4.79 Å². The predicted molar refractivity (Wildman–Crippen MR) is 84.4 cm³/mol. The Morgan fingerprint density at radius 1 is 1.33 bits per heavy atom. The van der Waals surface area contributed by atoms with Crippen LogP contribution in [0.2, 0.25) is 0 Å². The minimum Gasteiger partial charge on any atom is -0.361 e. The summed E-state index contributed by atoms with van der Waals surface area (Å²) in [6.45, 7) is 4.43. The van der Waals surface area contributed by atoms with Crippen molar-refractivity contribution in [3.63, 3.8) is 0 Å². The fourth-order valence-corrected chi connectivity index (χ4v) is 3.01. The summed E-state index contributed by atoms with van der Waals surface area (Å²) in [7, 11) is 0. The Bertz CT molecular complexity index is 848. The minimum absolute atomic E-state index is 0.0915. The zero-order valence-electron chi connectivity index (χ0n) is 13.4. The lowest BCUT2D eigenvalue weighted by Gasteiger charge is -2.18. The molecule has 8 heteroatoms. The van der Waals surface area contributed by atoms with Crippen LogP contribution >= 0.6 is 0 Å². The lowest BCUT2D eigenvalue weighted by molar-refractivity contribution is 0.0748. The smallest absolute Gasteiger partial charge is 0.276 e. The van der Waals surface area contributed by atoms with Gasteiger partial charge in [0, 0.05) is 44.5 Å². The fraction of sp³-hybridized carbons (Fsp3) is 0.375. The summed E-state index contributed by atoms with van der Waals surface area (Å²) < 4.78 is 9.06. The molecule has 0 aliphatic carbocycles. The Morgan fingerprint density at radius 3 is 3.00 bits per heavy atom. The van der Waals surface area contributed by atoms with Crippen LogP contribution in [0.25, 0.3) is 0 Å². The first-order chi connectivity index (χ1) is 11.7. The molecule has 3 aromatic heterocycles. The van der Waals surface area contributed by atoms with Gasteiger partial charge in [-0.15, -0.1) is 0 Å². The molecule has 1 aliphatic rings. The average Bonchev–Trinajstić information content (AvgIpc) is 3.28. The van der Waals surface area contributed by atoms with Crippen molar-refractivity contribution in [2.75, 3.05) is 13.1 Å². The van der Waals surface area contributed by atoms with Gasteiger partial charge in [0.2, 0.25) is 0 Å². The lowest BCUT2D eigenvalue weighted by Crippen LogP contribution is -2.34. The quantitative estimate of drug-likeness (QED) is 0.720. The average molecular weight is 326 g/mol. The van der Waals surface area contributed by atoms with Crippen molar-refractivity contribution < 1.29 is 9.32 Å². The van der Waals surface area contributed by atoms with E-state index >= 15 is 0 Å². The summed E-state index contributed by atoms with van der Waals surface area (Å²) in [5, 5.41) is 8.07. The summed E-state index contributed by atoms with van der Waals surface area (Å²) in [5.41, 5.74) is 1.46. The van der Waals surface area contributed by atoms with E-state index in [0.29, 0.717) is 37.6 Å². The van der Waals surface area contributed by atoms with Crippen molar-refractivity contribution in [3.8, 4) is 0 Å². The molecule has 1 aliphatic heterocycles. The second-order valence-corrected chi connectivity index (χ2v) is 5.89. The number of hydrogen-bond donors (Lipinski definition) is 0. The van der Waals surface area contributed by atoms with E-state index < -0.39 is 0 Å². The molecule has 0 unspecified atom stereocenters. The molecule has 4 heterocycles. The molecule has 0 saturated carbocycles. The topological polar surface area (TPSA) is 82.0 Å². The summed E-state index contributed by atoms with van der Waals surface area (Å²) in [6.07, 6.45) is 6.32. The molecule has 24 heavy (non-hydrogen) atoms. The van der Waals surface area contributed by atoms with Gasteiger partial charge in [0.05, 0.1) is 18.4 Å². The molecule has 0 atom stereocenters. The molecule has 0 fully saturated rings. The number of fused-ring (bicyclic) bond motifs is 1. The number of nitrogens with zero attached hydrogens (tertiary/aromatic N) is 6. The maximum atomic E-state index is 12.5. The first kappa shape index (κ1) is 14.7. The number of hydrogen-bond acceptors (Lipinski definition) is 5. The third-order valence-corrected chi connectivity index (χ3v) is 4.24. The molecular weight excluding hydrogens is 308 g/mol. The largest absolute Gasteiger partial charge is 0.361 e. The van der Waals surface area contributed by atoms with Gasteiger partial charge in [-0.05, 0) is 13.0 Å². The van der Waals surface area contributed by atoms with Gasteiger partial charge in [0.25, 0.3) is 5.91 Å². The maximum Gasteiger partial charge on any atom is 0.276 e. The molecule has 124 valence electrons. The zero-order chi connectivity index (χ0) is 16.5. The van der Waals surface area contributed by atoms with Crippen molar-refractivity contribution in [3.05, 3.63) is 53.7 Å². The van der Waals surface area contributed by atoms with E-state index in [2.05, 4.69) is 19.8 Å². The molecule has 0 bridgehead atoms.